The number of carbonyl (C=O) groups excluding carboxylic acids is 1. The minimum absolute atomic E-state index is 0.441. The number of carbonyl (C=O) groups is 1. The predicted molar refractivity (Wildman–Crippen MR) is 50.7 cm³/mol. The van der Waals surface area contributed by atoms with Crippen LogP contribution in [-0.2, 0) is 11.3 Å². The quantitative estimate of drug-likeness (QED) is 0.695. The maximum atomic E-state index is 10.4. The second-order valence-electron chi connectivity index (χ2n) is 2.77. The minimum atomic E-state index is -0.441. The second-order valence-corrected chi connectivity index (χ2v) is 2.77. The molecule has 4 nitrogen and oxygen atoms in total. The molecule has 0 saturated heterocycles. The average Bonchev–Trinajstić information content (AvgIpc) is 2.50. The molecule has 0 radical (unpaired) electrons. The van der Waals surface area contributed by atoms with Crippen LogP contribution in [0.5, 0.6) is 0 Å². The first-order chi connectivity index (χ1) is 6.22. The van der Waals surface area contributed by atoms with Gasteiger partial charge in [0.1, 0.15) is 0 Å². The van der Waals surface area contributed by atoms with Crippen molar-refractivity contribution in [2.24, 2.45) is 5.73 Å². The first-order valence-corrected chi connectivity index (χ1v) is 4.22. The van der Waals surface area contributed by atoms with Gasteiger partial charge in [-0.3, -0.25) is 9.48 Å². The SMILES string of the molecule is CCCn1cc(C=CC(N)=O)cn1. The van der Waals surface area contributed by atoms with E-state index in [-0.39, 0.29) is 0 Å². The molecule has 0 unspecified atom stereocenters. The molecule has 1 heterocycles. The van der Waals surface area contributed by atoms with Crippen LogP contribution in [0.25, 0.3) is 6.08 Å². The first-order valence-electron chi connectivity index (χ1n) is 4.22. The van der Waals surface area contributed by atoms with Gasteiger partial charge in [0.2, 0.25) is 5.91 Å². The molecular formula is C9H13N3O. The van der Waals surface area contributed by atoms with Crippen molar-refractivity contribution in [3.8, 4) is 0 Å². The lowest BCUT2D eigenvalue weighted by molar-refractivity contribution is -0.113. The lowest BCUT2D eigenvalue weighted by Gasteiger charge is -1.93. The molecule has 0 bridgehead atoms. The topological polar surface area (TPSA) is 60.9 Å². The van der Waals surface area contributed by atoms with Gasteiger partial charge in [-0.25, -0.2) is 0 Å². The van der Waals surface area contributed by atoms with Crippen LogP contribution in [0.4, 0.5) is 0 Å². The Morgan fingerprint density at radius 2 is 2.54 bits per heavy atom. The van der Waals surface area contributed by atoms with Gasteiger partial charge in [0, 0.05) is 24.4 Å². The maximum Gasteiger partial charge on any atom is 0.241 e. The summed E-state index contributed by atoms with van der Waals surface area (Å²) < 4.78 is 1.83. The van der Waals surface area contributed by atoms with Crippen molar-refractivity contribution < 1.29 is 4.79 Å². The Labute approximate surface area is 77.0 Å². The fourth-order valence-corrected chi connectivity index (χ4v) is 0.995. The lowest BCUT2D eigenvalue weighted by Crippen LogP contribution is -2.04. The first kappa shape index (κ1) is 9.51. The fraction of sp³-hybridized carbons (Fsp3) is 0.333. The van der Waals surface area contributed by atoms with Crippen molar-refractivity contribution in [1.29, 1.82) is 0 Å². The van der Waals surface area contributed by atoms with E-state index in [0.717, 1.165) is 18.5 Å². The van der Waals surface area contributed by atoms with E-state index in [2.05, 4.69) is 12.0 Å². The molecule has 0 aliphatic carbocycles. The van der Waals surface area contributed by atoms with Crippen molar-refractivity contribution in [2.75, 3.05) is 0 Å². The van der Waals surface area contributed by atoms with E-state index >= 15 is 0 Å². The molecule has 4 heteroatoms. The Morgan fingerprint density at radius 3 is 3.15 bits per heavy atom. The van der Waals surface area contributed by atoms with Gasteiger partial charge in [-0.15, -0.1) is 0 Å². The van der Waals surface area contributed by atoms with Crippen molar-refractivity contribution in [1.82, 2.24) is 9.78 Å². The Bertz CT molecular complexity index is 314. The number of aromatic nitrogens is 2. The highest BCUT2D eigenvalue weighted by atomic mass is 16.1. The van der Waals surface area contributed by atoms with Gasteiger partial charge < -0.3 is 5.73 Å². The highest BCUT2D eigenvalue weighted by Gasteiger charge is 1.93. The average molecular weight is 179 g/mol. The zero-order chi connectivity index (χ0) is 9.68. The number of hydrogen-bond donors (Lipinski definition) is 1. The van der Waals surface area contributed by atoms with E-state index in [0.29, 0.717) is 0 Å². The molecular weight excluding hydrogens is 166 g/mol. The number of aryl methyl sites for hydroxylation is 1. The monoisotopic (exact) mass is 179 g/mol. The third-order valence-electron chi connectivity index (χ3n) is 1.55. The van der Waals surface area contributed by atoms with E-state index in [4.69, 9.17) is 5.73 Å². The fourth-order valence-electron chi connectivity index (χ4n) is 0.995. The summed E-state index contributed by atoms with van der Waals surface area (Å²) in [6, 6.07) is 0. The van der Waals surface area contributed by atoms with E-state index in [1.165, 1.54) is 6.08 Å². The molecule has 2 N–H and O–H groups in total. The van der Waals surface area contributed by atoms with Crippen LogP contribution in [-0.4, -0.2) is 15.7 Å². The van der Waals surface area contributed by atoms with Gasteiger partial charge in [-0.1, -0.05) is 6.92 Å². The molecule has 0 aliphatic heterocycles. The molecule has 1 aromatic rings. The molecule has 1 rings (SSSR count). The second kappa shape index (κ2) is 4.45. The summed E-state index contributed by atoms with van der Waals surface area (Å²) in [4.78, 5) is 10.4. The normalized spacial score (nSPS) is 10.8. The van der Waals surface area contributed by atoms with Crippen molar-refractivity contribution >= 4 is 12.0 Å². The summed E-state index contributed by atoms with van der Waals surface area (Å²) in [5.41, 5.74) is 5.85. The molecule has 1 aromatic heterocycles. The third-order valence-corrected chi connectivity index (χ3v) is 1.55. The predicted octanol–water partition coefficient (Wildman–Crippen LogP) is 0.792. The molecule has 70 valence electrons. The van der Waals surface area contributed by atoms with Crippen molar-refractivity contribution in [3.63, 3.8) is 0 Å². The Kier molecular flexibility index (Phi) is 3.25. The van der Waals surface area contributed by atoms with Gasteiger partial charge >= 0.3 is 0 Å². The van der Waals surface area contributed by atoms with Gasteiger partial charge in [-0.2, -0.15) is 5.10 Å². The Balaban J connectivity index is 2.63. The summed E-state index contributed by atoms with van der Waals surface area (Å²) in [5.74, 6) is -0.441. The van der Waals surface area contributed by atoms with Crippen LogP contribution in [0.3, 0.4) is 0 Å². The summed E-state index contributed by atoms with van der Waals surface area (Å²) in [7, 11) is 0. The minimum Gasteiger partial charge on any atom is -0.366 e. The highest BCUT2D eigenvalue weighted by molar-refractivity contribution is 5.90. The number of nitrogens with zero attached hydrogens (tertiary/aromatic N) is 2. The van der Waals surface area contributed by atoms with Crippen LogP contribution in [0.2, 0.25) is 0 Å². The summed E-state index contributed by atoms with van der Waals surface area (Å²) in [6.45, 7) is 2.98. The van der Waals surface area contributed by atoms with Crippen LogP contribution >= 0.6 is 0 Å². The zero-order valence-electron chi connectivity index (χ0n) is 7.60. The largest absolute Gasteiger partial charge is 0.366 e. The Morgan fingerprint density at radius 1 is 1.77 bits per heavy atom. The van der Waals surface area contributed by atoms with Gasteiger partial charge in [-0.05, 0) is 12.5 Å². The Hall–Kier alpha value is -1.58. The molecule has 13 heavy (non-hydrogen) atoms. The number of nitrogens with two attached hydrogens (primary N) is 1. The zero-order valence-corrected chi connectivity index (χ0v) is 7.60. The maximum absolute atomic E-state index is 10.4. The highest BCUT2D eigenvalue weighted by Crippen LogP contribution is 2.00. The van der Waals surface area contributed by atoms with Crippen LogP contribution in [0.1, 0.15) is 18.9 Å². The van der Waals surface area contributed by atoms with Crippen molar-refractivity contribution in [2.45, 2.75) is 19.9 Å². The van der Waals surface area contributed by atoms with E-state index in [1.807, 2.05) is 10.9 Å². The molecule has 0 fully saturated rings. The number of rotatable bonds is 4. The van der Waals surface area contributed by atoms with Crippen LogP contribution in [0.15, 0.2) is 18.5 Å². The number of amides is 1. The molecule has 0 aliphatic rings. The molecule has 0 aromatic carbocycles. The smallest absolute Gasteiger partial charge is 0.241 e. The number of primary amides is 1. The third kappa shape index (κ3) is 3.11. The van der Waals surface area contributed by atoms with Crippen molar-refractivity contribution in [3.05, 3.63) is 24.0 Å². The van der Waals surface area contributed by atoms with Crippen LogP contribution < -0.4 is 5.73 Å². The van der Waals surface area contributed by atoms with Gasteiger partial charge in [0.05, 0.1) is 6.20 Å². The molecule has 1 amide bonds. The molecule has 0 atom stereocenters. The summed E-state index contributed by atoms with van der Waals surface area (Å²) in [6.07, 6.45) is 7.60. The van der Waals surface area contributed by atoms with Gasteiger partial charge in [0.15, 0.2) is 0 Å². The summed E-state index contributed by atoms with van der Waals surface area (Å²) >= 11 is 0. The summed E-state index contributed by atoms with van der Waals surface area (Å²) in [5, 5.41) is 4.10. The van der Waals surface area contributed by atoms with E-state index < -0.39 is 5.91 Å². The molecule has 0 spiro atoms. The van der Waals surface area contributed by atoms with Crippen LogP contribution in [0, 0.1) is 0 Å². The van der Waals surface area contributed by atoms with E-state index in [1.54, 1.807) is 12.3 Å². The lowest BCUT2D eigenvalue weighted by atomic mass is 10.3. The number of hydrogen-bond acceptors (Lipinski definition) is 2. The standard InChI is InChI=1S/C9H13N3O/c1-2-5-12-7-8(6-11-12)3-4-9(10)13/h3-4,6-7H,2,5H2,1H3,(H2,10,13). The van der Waals surface area contributed by atoms with E-state index in [9.17, 15) is 4.79 Å². The van der Waals surface area contributed by atoms with Gasteiger partial charge in [0.25, 0.3) is 0 Å². The molecule has 0 saturated carbocycles.